The van der Waals surface area contributed by atoms with Crippen LogP contribution in [0.4, 0.5) is 34.5 Å². The number of amides is 2. The van der Waals surface area contributed by atoms with Gasteiger partial charge in [0.2, 0.25) is 5.95 Å². The maximum atomic E-state index is 13.5. The molecule has 6 fully saturated rings. The third kappa shape index (κ3) is 9.40. The number of nitrogens with one attached hydrogen (secondary N) is 3. The fraction of sp³-hybridized carbons (Fsp3) is 0.500. The number of aliphatic hydroxyl groups is 2. The second-order valence-corrected chi connectivity index (χ2v) is 26.2. The highest BCUT2D eigenvalue weighted by molar-refractivity contribution is 9.10. The number of aliphatic hydroxyl groups excluding tert-OH is 2. The Balaban J connectivity index is 0.656. The predicted octanol–water partition coefficient (Wildman–Crippen LogP) is 6.50. The lowest BCUT2D eigenvalue weighted by Crippen LogP contribution is -2.64. The zero-order valence-electron chi connectivity index (χ0n) is 42.5. The van der Waals surface area contributed by atoms with Crippen molar-refractivity contribution in [2.75, 3.05) is 93.2 Å². The molecule has 3 unspecified atom stereocenters. The topological polar surface area (TPSA) is 197 Å². The van der Waals surface area contributed by atoms with Gasteiger partial charge in [-0.1, -0.05) is 6.07 Å². The summed E-state index contributed by atoms with van der Waals surface area (Å²) in [6.07, 6.45) is 11.6. The highest BCUT2D eigenvalue weighted by Crippen LogP contribution is 2.52. The van der Waals surface area contributed by atoms with Gasteiger partial charge >= 0.3 is 0 Å². The number of imide groups is 1. The Hall–Kier alpha value is -5.40. The van der Waals surface area contributed by atoms with E-state index < -0.39 is 25.6 Å². The number of likely N-dealkylation sites (tertiary alicyclic amines) is 1. The summed E-state index contributed by atoms with van der Waals surface area (Å²) in [7, 11) is 1.03. The van der Waals surface area contributed by atoms with Crippen molar-refractivity contribution in [1.29, 1.82) is 0 Å². The number of piperazine rings is 1. The van der Waals surface area contributed by atoms with Crippen molar-refractivity contribution in [3.63, 3.8) is 0 Å². The number of piperidine rings is 2. The van der Waals surface area contributed by atoms with Crippen molar-refractivity contribution in [2.24, 2.45) is 12.5 Å². The minimum Gasteiger partial charge on any atom is -0.494 e. The Morgan fingerprint density at radius 2 is 1.55 bits per heavy atom. The molecule has 2 aliphatic carbocycles. The van der Waals surface area contributed by atoms with Crippen LogP contribution in [-0.4, -0.2) is 160 Å². The quantitative estimate of drug-likeness (QED) is 0.0633. The molecule has 0 radical (unpaired) electrons. The molecule has 3 atom stereocenters. The molecule has 0 bridgehead atoms. The van der Waals surface area contributed by atoms with Gasteiger partial charge in [-0.25, -0.2) is 4.98 Å². The molecule has 5 aromatic rings. The van der Waals surface area contributed by atoms with E-state index in [9.17, 15) is 24.4 Å². The molecule has 4 saturated heterocycles. The second-order valence-electron chi connectivity index (χ2n) is 22.2. The van der Waals surface area contributed by atoms with Crippen LogP contribution >= 0.6 is 23.1 Å². The average molecular weight is 1090 g/mol. The normalized spacial score (nSPS) is 23.8. The highest BCUT2D eigenvalue weighted by atomic mass is 79.9. The molecule has 7 heterocycles. The first kappa shape index (κ1) is 49.5. The number of anilines is 6. The largest absolute Gasteiger partial charge is 0.494 e. The van der Waals surface area contributed by atoms with E-state index in [0.29, 0.717) is 69.4 Å². The Bertz CT molecular complexity index is 3040. The Labute approximate surface area is 440 Å². The number of carbonyl (C=O) groups is 2. The van der Waals surface area contributed by atoms with Crippen molar-refractivity contribution in [2.45, 2.75) is 87.9 Å². The molecular weight excluding hydrogens is 1020 g/mol. The summed E-state index contributed by atoms with van der Waals surface area (Å²) >= 11 is 3.65. The van der Waals surface area contributed by atoms with Crippen LogP contribution in [0.5, 0.6) is 5.75 Å². The number of halogens is 1. The zero-order chi connectivity index (χ0) is 51.2. The first-order valence-electron chi connectivity index (χ1n) is 26.2. The monoisotopic (exact) mass is 1090 g/mol. The SMILES string of the molecule is COc1cc(N2CCN(C3CC4(CCN(C5CN(c6ccc7c(c6)C(=O)N(C6CCC(O)NC6O)C7=O)C5)CC4)C3)CC2)c(-c2cnn(C)c2)cc1Nc1ncc(Br)c(Nc2ccc(C3CC3)cc2P(C)(C)=O)n1. The molecule has 2 amide bonds. The van der Waals surface area contributed by atoms with Gasteiger partial charge < -0.3 is 39.9 Å². The van der Waals surface area contributed by atoms with Gasteiger partial charge in [-0.3, -0.25) is 34.3 Å². The minimum absolute atomic E-state index is 0.341. The van der Waals surface area contributed by atoms with Crippen LogP contribution in [0.3, 0.4) is 0 Å². The van der Waals surface area contributed by atoms with Crippen LogP contribution in [0.1, 0.15) is 83.6 Å². The van der Waals surface area contributed by atoms with E-state index in [1.807, 2.05) is 55.7 Å². The number of fused-ring (bicyclic) bond motifs is 1. The van der Waals surface area contributed by atoms with E-state index in [0.717, 1.165) is 91.5 Å². The van der Waals surface area contributed by atoms with Gasteiger partial charge in [0.15, 0.2) is 0 Å². The molecule has 7 aliphatic rings. The van der Waals surface area contributed by atoms with Crippen LogP contribution in [0.15, 0.2) is 71.6 Å². The van der Waals surface area contributed by atoms with Crippen LogP contribution in [0, 0.1) is 5.41 Å². The summed E-state index contributed by atoms with van der Waals surface area (Å²) in [5.41, 5.74) is 8.00. The average Bonchev–Trinajstić information content (AvgIpc) is 4.09. The lowest BCUT2D eigenvalue weighted by atomic mass is 9.59. The van der Waals surface area contributed by atoms with Crippen molar-refractivity contribution in [3.8, 4) is 16.9 Å². The number of methoxy groups -OCH3 is 1. The smallest absolute Gasteiger partial charge is 0.262 e. The number of hydrogen-bond acceptors (Lipinski definition) is 16. The summed E-state index contributed by atoms with van der Waals surface area (Å²) in [4.78, 5) is 47.6. The van der Waals surface area contributed by atoms with E-state index in [1.54, 1.807) is 19.4 Å². The Kier molecular flexibility index (Phi) is 12.9. The maximum Gasteiger partial charge on any atom is 0.262 e. The summed E-state index contributed by atoms with van der Waals surface area (Å²) in [5.74, 6) is 1.41. The molecule has 5 aliphatic heterocycles. The van der Waals surface area contributed by atoms with Gasteiger partial charge in [-0.2, -0.15) is 10.1 Å². The number of rotatable bonds is 13. The fourth-order valence-corrected chi connectivity index (χ4v) is 14.0. The van der Waals surface area contributed by atoms with Crippen molar-refractivity contribution in [3.05, 3.63) is 88.3 Å². The molecule has 74 heavy (non-hydrogen) atoms. The van der Waals surface area contributed by atoms with Crippen molar-refractivity contribution < 1.29 is 29.1 Å². The Morgan fingerprint density at radius 3 is 2.24 bits per heavy atom. The van der Waals surface area contributed by atoms with Crippen molar-refractivity contribution in [1.82, 2.24) is 39.8 Å². The molecule has 18 nitrogen and oxygen atoms in total. The number of nitrogens with zero attached hydrogens (tertiary/aromatic N) is 9. The van der Waals surface area contributed by atoms with E-state index in [4.69, 9.17) is 9.72 Å². The molecule has 2 aromatic heterocycles. The number of benzene rings is 3. The van der Waals surface area contributed by atoms with E-state index in [-0.39, 0.29) is 11.8 Å². The summed E-state index contributed by atoms with van der Waals surface area (Å²) in [6, 6.07) is 16.4. The standard InChI is InChI=1S/C54H66BrN12O6P/c1-62-29-34(27-57-62)39-23-43(59-53-56-28-41(55)49(61-53)58-42-10-7-33(32-5-6-32)21-47(42)74(3,4)72)46(73-2)24-45(39)65-19-17-64(18-20-65)36-25-54(26-36)13-15-63(16-14-54)37-30-66(31-37)35-8-9-38-40(22-35)52(71)67(51(38)70)44-11-12-48(68)60-50(44)69/h7-10,21-24,27-29,32,36-37,44,48,50,60,68-69H,5-6,11-20,25-26,30-31H2,1-4H3,(H2,56,58,59,61). The van der Waals surface area contributed by atoms with Crippen LogP contribution in [0.2, 0.25) is 0 Å². The van der Waals surface area contributed by atoms with Gasteiger partial charge in [0, 0.05) is 105 Å². The molecule has 1 spiro atoms. The first-order valence-corrected chi connectivity index (χ1v) is 29.6. The number of hydrogen-bond donors (Lipinski definition) is 5. The summed E-state index contributed by atoms with van der Waals surface area (Å²) in [6.45, 7) is 11.4. The third-order valence-corrected chi connectivity index (χ3v) is 19.1. The van der Waals surface area contributed by atoms with Crippen LogP contribution < -0.4 is 35.8 Å². The van der Waals surface area contributed by atoms with Gasteiger partial charge in [-0.15, -0.1) is 0 Å². The zero-order valence-corrected chi connectivity index (χ0v) is 45.0. The van der Waals surface area contributed by atoms with Gasteiger partial charge in [-0.05, 0) is 147 Å². The molecule has 5 N–H and O–H groups in total. The highest BCUT2D eigenvalue weighted by Gasteiger charge is 2.50. The second kappa shape index (κ2) is 19.3. The number of aryl methyl sites for hydroxylation is 1. The first-order chi connectivity index (χ1) is 35.6. The van der Waals surface area contributed by atoms with Gasteiger partial charge in [0.05, 0.1) is 46.3 Å². The lowest BCUT2D eigenvalue weighted by molar-refractivity contribution is -0.0529. The van der Waals surface area contributed by atoms with E-state index >= 15 is 0 Å². The van der Waals surface area contributed by atoms with E-state index in [2.05, 4.69) is 85.8 Å². The lowest BCUT2D eigenvalue weighted by Gasteiger charge is -2.58. The van der Waals surface area contributed by atoms with Gasteiger partial charge in [0.25, 0.3) is 11.8 Å². The molecule has 20 heteroatoms. The van der Waals surface area contributed by atoms with E-state index in [1.165, 1.54) is 49.0 Å². The molecule has 2 saturated carbocycles. The minimum atomic E-state index is -2.60. The fourth-order valence-electron chi connectivity index (χ4n) is 12.5. The molecular formula is C54H66BrN12O6P. The Morgan fingerprint density at radius 1 is 0.811 bits per heavy atom. The van der Waals surface area contributed by atoms with Crippen LogP contribution in [0.25, 0.3) is 11.1 Å². The number of ether oxygens (including phenoxy) is 1. The summed E-state index contributed by atoms with van der Waals surface area (Å²) < 4.78 is 22.1. The maximum absolute atomic E-state index is 13.5. The molecule has 390 valence electrons. The third-order valence-electron chi connectivity index (χ3n) is 17.0. The molecule has 3 aromatic carbocycles. The number of aromatic nitrogens is 4. The predicted molar refractivity (Wildman–Crippen MR) is 290 cm³/mol. The number of carbonyl (C=O) groups excluding carboxylic acids is 2. The molecule has 12 rings (SSSR count). The van der Waals surface area contributed by atoms with Gasteiger partial charge in [0.1, 0.15) is 31.2 Å². The summed E-state index contributed by atoms with van der Waals surface area (Å²) in [5, 5.41) is 35.3. The van der Waals surface area contributed by atoms with Crippen LogP contribution in [-0.2, 0) is 11.6 Å². The van der Waals surface area contributed by atoms with Crippen molar-refractivity contribution >= 4 is 74.7 Å².